The summed E-state index contributed by atoms with van der Waals surface area (Å²) in [5.41, 5.74) is -0.0919. The van der Waals surface area contributed by atoms with E-state index in [4.69, 9.17) is 34.8 Å². The SMILES string of the molecule is O=S(=O)(Nc1c(Cl)ncnc1Cl)c1ccccc1Cl. The van der Waals surface area contributed by atoms with Gasteiger partial charge in [0.25, 0.3) is 10.0 Å². The molecule has 9 heteroatoms. The third-order valence-corrected chi connectivity index (χ3v) is 4.54. The molecule has 0 bridgehead atoms. The van der Waals surface area contributed by atoms with Crippen LogP contribution >= 0.6 is 34.8 Å². The minimum Gasteiger partial charge on any atom is -0.274 e. The molecule has 0 aliphatic heterocycles. The normalized spacial score (nSPS) is 11.3. The number of nitrogens with one attached hydrogen (secondary N) is 1. The van der Waals surface area contributed by atoms with Crippen molar-refractivity contribution in [2.45, 2.75) is 4.90 Å². The van der Waals surface area contributed by atoms with Crippen LogP contribution in [0.15, 0.2) is 35.5 Å². The average Bonchev–Trinajstić information content (AvgIpc) is 2.34. The monoisotopic (exact) mass is 337 g/mol. The summed E-state index contributed by atoms with van der Waals surface area (Å²) in [4.78, 5) is 7.21. The van der Waals surface area contributed by atoms with E-state index in [0.29, 0.717) is 0 Å². The molecule has 1 heterocycles. The van der Waals surface area contributed by atoms with Crippen molar-refractivity contribution < 1.29 is 8.42 Å². The van der Waals surface area contributed by atoms with Gasteiger partial charge in [0.1, 0.15) is 16.9 Å². The summed E-state index contributed by atoms with van der Waals surface area (Å²) in [7, 11) is -3.92. The van der Waals surface area contributed by atoms with E-state index in [1.807, 2.05) is 0 Å². The number of sulfonamides is 1. The van der Waals surface area contributed by atoms with Crippen molar-refractivity contribution in [2.24, 2.45) is 0 Å². The fourth-order valence-electron chi connectivity index (χ4n) is 1.28. The number of halogens is 3. The van der Waals surface area contributed by atoms with Gasteiger partial charge in [-0.1, -0.05) is 46.9 Å². The van der Waals surface area contributed by atoms with Crippen molar-refractivity contribution in [1.29, 1.82) is 0 Å². The third kappa shape index (κ3) is 3.09. The van der Waals surface area contributed by atoms with Crippen LogP contribution in [0.1, 0.15) is 0 Å². The van der Waals surface area contributed by atoms with Gasteiger partial charge in [0.2, 0.25) is 0 Å². The lowest BCUT2D eigenvalue weighted by Crippen LogP contribution is -2.14. The lowest BCUT2D eigenvalue weighted by atomic mass is 10.4. The third-order valence-electron chi connectivity index (χ3n) is 2.12. The summed E-state index contributed by atoms with van der Waals surface area (Å²) in [5, 5.41) is -0.120. The van der Waals surface area contributed by atoms with E-state index in [1.54, 1.807) is 12.1 Å². The minimum atomic E-state index is -3.92. The molecule has 0 fully saturated rings. The van der Waals surface area contributed by atoms with Crippen molar-refractivity contribution in [3.63, 3.8) is 0 Å². The molecule has 0 radical (unpaired) electrons. The molecule has 100 valence electrons. The predicted molar refractivity (Wildman–Crippen MR) is 74.3 cm³/mol. The van der Waals surface area contributed by atoms with E-state index < -0.39 is 10.0 Å². The molecule has 0 aliphatic carbocycles. The first-order chi connectivity index (χ1) is 8.92. The van der Waals surface area contributed by atoms with Crippen molar-refractivity contribution in [2.75, 3.05) is 4.72 Å². The van der Waals surface area contributed by atoms with E-state index in [0.717, 1.165) is 6.33 Å². The van der Waals surface area contributed by atoms with E-state index in [1.165, 1.54) is 12.1 Å². The van der Waals surface area contributed by atoms with E-state index in [9.17, 15) is 8.42 Å². The van der Waals surface area contributed by atoms with Gasteiger partial charge in [0.15, 0.2) is 10.3 Å². The van der Waals surface area contributed by atoms with Gasteiger partial charge >= 0.3 is 0 Å². The second kappa shape index (κ2) is 5.50. The highest BCUT2D eigenvalue weighted by Crippen LogP contribution is 2.30. The highest BCUT2D eigenvalue weighted by molar-refractivity contribution is 7.92. The first-order valence-electron chi connectivity index (χ1n) is 4.85. The Morgan fingerprint density at radius 3 is 2.16 bits per heavy atom. The van der Waals surface area contributed by atoms with Crippen LogP contribution in [0.25, 0.3) is 0 Å². The highest BCUT2D eigenvalue weighted by Gasteiger charge is 2.21. The van der Waals surface area contributed by atoms with Gasteiger partial charge in [-0.15, -0.1) is 0 Å². The van der Waals surface area contributed by atoms with Crippen LogP contribution in [0.3, 0.4) is 0 Å². The summed E-state index contributed by atoms with van der Waals surface area (Å²) in [5.74, 6) is 0. The summed E-state index contributed by atoms with van der Waals surface area (Å²) < 4.78 is 26.5. The molecule has 5 nitrogen and oxygen atoms in total. The van der Waals surface area contributed by atoms with Crippen LogP contribution in [0.5, 0.6) is 0 Å². The van der Waals surface area contributed by atoms with Crippen LogP contribution < -0.4 is 4.72 Å². The van der Waals surface area contributed by atoms with Crippen LogP contribution in [-0.4, -0.2) is 18.4 Å². The quantitative estimate of drug-likeness (QED) is 0.872. The maximum absolute atomic E-state index is 12.2. The van der Waals surface area contributed by atoms with Crippen LogP contribution in [0.2, 0.25) is 15.3 Å². The molecule has 0 aliphatic rings. The zero-order chi connectivity index (χ0) is 14.0. The molecule has 0 atom stereocenters. The smallest absolute Gasteiger partial charge is 0.263 e. The van der Waals surface area contributed by atoms with Gasteiger partial charge in [-0.3, -0.25) is 4.72 Å². The standard InChI is InChI=1S/C10H6Cl3N3O2S/c11-6-3-1-2-4-7(6)19(17,18)16-8-9(12)14-5-15-10(8)13/h1-5,16H. The molecular weight excluding hydrogens is 333 g/mol. The molecule has 2 rings (SSSR count). The Kier molecular flexibility index (Phi) is 4.15. The van der Waals surface area contributed by atoms with Crippen molar-refractivity contribution in [1.82, 2.24) is 9.97 Å². The van der Waals surface area contributed by atoms with Crippen LogP contribution in [-0.2, 0) is 10.0 Å². The van der Waals surface area contributed by atoms with Gasteiger partial charge in [0.05, 0.1) is 5.02 Å². The fraction of sp³-hybridized carbons (Fsp3) is 0. The predicted octanol–water partition coefficient (Wildman–Crippen LogP) is 3.24. The second-order valence-corrected chi connectivity index (χ2v) is 6.14. The zero-order valence-corrected chi connectivity index (χ0v) is 12.2. The molecule has 0 saturated carbocycles. The molecule has 0 saturated heterocycles. The number of anilines is 1. The summed E-state index contributed by atoms with van der Waals surface area (Å²) in [6.07, 6.45) is 1.12. The van der Waals surface area contributed by atoms with Gasteiger partial charge < -0.3 is 0 Å². The molecule has 0 amide bonds. The summed E-state index contributed by atoms with van der Waals surface area (Å²) in [6, 6.07) is 5.98. The number of rotatable bonds is 3. The van der Waals surface area contributed by atoms with Crippen molar-refractivity contribution in [3.8, 4) is 0 Å². The molecule has 1 aromatic carbocycles. The Morgan fingerprint density at radius 2 is 1.58 bits per heavy atom. The maximum atomic E-state index is 12.2. The van der Waals surface area contributed by atoms with Gasteiger partial charge in [-0.05, 0) is 12.1 Å². The number of hydrogen-bond donors (Lipinski definition) is 1. The number of nitrogens with zero attached hydrogens (tertiary/aromatic N) is 2. The lowest BCUT2D eigenvalue weighted by Gasteiger charge is -2.10. The first kappa shape index (κ1) is 14.3. The Balaban J connectivity index is 2.46. The Hall–Kier alpha value is -1.08. The molecule has 0 unspecified atom stereocenters. The number of benzene rings is 1. The molecule has 1 aromatic heterocycles. The topological polar surface area (TPSA) is 72.0 Å². The van der Waals surface area contributed by atoms with Gasteiger partial charge in [-0.25, -0.2) is 18.4 Å². The fourth-order valence-corrected chi connectivity index (χ4v) is 3.40. The highest BCUT2D eigenvalue weighted by atomic mass is 35.5. The molecule has 1 N–H and O–H groups in total. The van der Waals surface area contributed by atoms with Gasteiger partial charge in [0, 0.05) is 0 Å². The second-order valence-electron chi connectivity index (χ2n) is 3.37. The van der Waals surface area contributed by atoms with E-state index in [2.05, 4.69) is 14.7 Å². The van der Waals surface area contributed by atoms with Crippen LogP contribution in [0.4, 0.5) is 5.69 Å². The van der Waals surface area contributed by atoms with Gasteiger partial charge in [-0.2, -0.15) is 0 Å². The Morgan fingerprint density at radius 1 is 1.00 bits per heavy atom. The Bertz CT molecular complexity index is 701. The molecule has 2 aromatic rings. The molecule has 0 spiro atoms. The summed E-state index contributed by atoms with van der Waals surface area (Å²) >= 11 is 17.4. The number of aromatic nitrogens is 2. The minimum absolute atomic E-state index is 0.0825. The average molecular weight is 339 g/mol. The lowest BCUT2D eigenvalue weighted by molar-refractivity contribution is 0.601. The van der Waals surface area contributed by atoms with E-state index >= 15 is 0 Å². The first-order valence-corrected chi connectivity index (χ1v) is 7.47. The van der Waals surface area contributed by atoms with Crippen molar-refractivity contribution in [3.05, 3.63) is 45.9 Å². The maximum Gasteiger partial charge on any atom is 0.263 e. The summed E-state index contributed by atoms with van der Waals surface area (Å²) in [6.45, 7) is 0. The van der Waals surface area contributed by atoms with Crippen molar-refractivity contribution >= 4 is 50.5 Å². The largest absolute Gasteiger partial charge is 0.274 e. The zero-order valence-electron chi connectivity index (χ0n) is 9.14. The van der Waals surface area contributed by atoms with E-state index in [-0.39, 0.29) is 25.9 Å². The molecule has 19 heavy (non-hydrogen) atoms. The van der Waals surface area contributed by atoms with Crippen LogP contribution in [0, 0.1) is 0 Å². The number of hydrogen-bond acceptors (Lipinski definition) is 4. The Labute approximate surface area is 124 Å². The molecular formula is C10H6Cl3N3O2S.